The molecule has 0 saturated heterocycles. The number of hydrogen-bond acceptors (Lipinski definition) is 4. The van der Waals surface area contributed by atoms with Gasteiger partial charge in [-0.25, -0.2) is 12.4 Å². The van der Waals surface area contributed by atoms with Crippen molar-refractivity contribution in [3.8, 4) is 5.75 Å². The molecule has 0 bridgehead atoms. The third-order valence-electron chi connectivity index (χ3n) is 3.58. The van der Waals surface area contributed by atoms with Crippen LogP contribution in [0.25, 0.3) is 10.9 Å². The van der Waals surface area contributed by atoms with Gasteiger partial charge in [0, 0.05) is 6.07 Å². The lowest BCUT2D eigenvalue weighted by Crippen LogP contribution is -2.19. The van der Waals surface area contributed by atoms with Crippen molar-refractivity contribution in [1.29, 1.82) is 0 Å². The molecular formula is C16H11ClF3NO4S2. The highest BCUT2D eigenvalue weighted by atomic mass is 35.7. The van der Waals surface area contributed by atoms with Crippen LogP contribution in [0.1, 0.15) is 0 Å². The summed E-state index contributed by atoms with van der Waals surface area (Å²) >= 11 is 0. The molecule has 1 heterocycles. The number of nitrogens with zero attached hydrogens (tertiary/aromatic N) is 1. The molecule has 0 aliphatic heterocycles. The second-order valence-corrected chi connectivity index (χ2v) is 8.96. The summed E-state index contributed by atoms with van der Waals surface area (Å²) in [5.74, 6) is -0.186. The molecule has 0 amide bonds. The molecule has 0 spiro atoms. The standard InChI is InChI=1S/C16H11ClF3NO4S2/c17-26(22)15-9-21(27(23,24)12-4-2-1-3-5-12)14-8-11(6-7-13(14)15)25-10-16(18,19)20/h1-9H,10H2. The van der Waals surface area contributed by atoms with Crippen LogP contribution >= 0.6 is 10.7 Å². The minimum absolute atomic E-state index is 0.00234. The number of hydrogen-bond donors (Lipinski definition) is 0. The van der Waals surface area contributed by atoms with Crippen molar-refractivity contribution in [3.63, 3.8) is 0 Å². The molecule has 1 atom stereocenters. The van der Waals surface area contributed by atoms with E-state index in [0.717, 1.165) is 16.2 Å². The van der Waals surface area contributed by atoms with Crippen molar-refractivity contribution in [2.45, 2.75) is 16.0 Å². The van der Waals surface area contributed by atoms with Crippen molar-refractivity contribution < 1.29 is 30.9 Å². The highest BCUT2D eigenvalue weighted by molar-refractivity contribution is 8.14. The summed E-state index contributed by atoms with van der Waals surface area (Å²) in [6, 6.07) is 11.1. The molecule has 0 N–H and O–H groups in total. The first-order valence-electron chi connectivity index (χ1n) is 7.33. The lowest BCUT2D eigenvalue weighted by Gasteiger charge is -2.10. The normalized spacial score (nSPS) is 13.7. The molecule has 0 fully saturated rings. The van der Waals surface area contributed by atoms with Gasteiger partial charge in [-0.1, -0.05) is 18.2 Å². The van der Waals surface area contributed by atoms with Crippen LogP contribution in [0.3, 0.4) is 0 Å². The minimum Gasteiger partial charge on any atom is -0.594 e. The van der Waals surface area contributed by atoms with Gasteiger partial charge in [0.25, 0.3) is 10.0 Å². The average Bonchev–Trinajstić information content (AvgIpc) is 3.00. The van der Waals surface area contributed by atoms with Gasteiger partial charge >= 0.3 is 6.18 Å². The fourth-order valence-electron chi connectivity index (χ4n) is 2.44. The van der Waals surface area contributed by atoms with Gasteiger partial charge in [-0.2, -0.15) is 13.2 Å². The maximum absolute atomic E-state index is 12.9. The molecule has 1 aromatic heterocycles. The Labute approximate surface area is 160 Å². The van der Waals surface area contributed by atoms with Crippen LogP contribution < -0.4 is 4.74 Å². The fourth-order valence-corrected chi connectivity index (χ4v) is 4.79. The Bertz CT molecular complexity index is 1070. The maximum Gasteiger partial charge on any atom is 0.422 e. The van der Waals surface area contributed by atoms with E-state index in [0.29, 0.717) is 0 Å². The lowest BCUT2D eigenvalue weighted by atomic mass is 10.2. The van der Waals surface area contributed by atoms with Crippen molar-refractivity contribution >= 4 is 42.0 Å². The third kappa shape index (κ3) is 4.18. The van der Waals surface area contributed by atoms with E-state index in [1.165, 1.54) is 36.4 Å². The minimum atomic E-state index is -4.55. The molecule has 0 radical (unpaired) electrons. The maximum atomic E-state index is 12.9. The van der Waals surface area contributed by atoms with Crippen molar-refractivity contribution in [3.05, 3.63) is 54.7 Å². The average molecular weight is 438 g/mol. The number of fused-ring (bicyclic) bond motifs is 1. The monoisotopic (exact) mass is 437 g/mol. The molecule has 2 aromatic carbocycles. The molecule has 27 heavy (non-hydrogen) atoms. The first kappa shape index (κ1) is 19.9. The van der Waals surface area contributed by atoms with Gasteiger partial charge in [0.2, 0.25) is 0 Å². The molecule has 3 aromatic rings. The molecule has 0 aliphatic carbocycles. The Morgan fingerprint density at radius 2 is 1.81 bits per heavy atom. The molecular weight excluding hydrogens is 427 g/mol. The fraction of sp³-hybridized carbons (Fsp3) is 0.125. The van der Waals surface area contributed by atoms with Crippen LogP contribution in [0.5, 0.6) is 5.75 Å². The van der Waals surface area contributed by atoms with E-state index in [4.69, 9.17) is 10.7 Å². The zero-order valence-corrected chi connectivity index (χ0v) is 15.7. The molecule has 11 heteroatoms. The lowest BCUT2D eigenvalue weighted by molar-refractivity contribution is -0.153. The predicted octanol–water partition coefficient (Wildman–Crippen LogP) is 4.08. The van der Waals surface area contributed by atoms with Gasteiger partial charge in [0.15, 0.2) is 22.2 Å². The van der Waals surface area contributed by atoms with Crippen molar-refractivity contribution in [2.24, 2.45) is 0 Å². The summed E-state index contributed by atoms with van der Waals surface area (Å²) < 4.78 is 80.2. The van der Waals surface area contributed by atoms with Gasteiger partial charge in [-0.3, -0.25) is 0 Å². The number of ether oxygens (including phenoxy) is 1. The Morgan fingerprint density at radius 1 is 1.15 bits per heavy atom. The highest BCUT2D eigenvalue weighted by Crippen LogP contribution is 2.33. The van der Waals surface area contributed by atoms with Crippen LogP contribution in [0, 0.1) is 0 Å². The second kappa shape index (κ2) is 7.27. The summed E-state index contributed by atoms with van der Waals surface area (Å²) in [5.41, 5.74) is 0.00234. The first-order chi connectivity index (χ1) is 12.6. The van der Waals surface area contributed by atoms with Crippen molar-refractivity contribution in [2.75, 3.05) is 6.61 Å². The van der Waals surface area contributed by atoms with E-state index in [1.807, 2.05) is 0 Å². The van der Waals surface area contributed by atoms with E-state index in [1.54, 1.807) is 6.07 Å². The molecule has 3 rings (SSSR count). The summed E-state index contributed by atoms with van der Waals surface area (Å²) in [4.78, 5) is -0.0241. The summed E-state index contributed by atoms with van der Waals surface area (Å²) in [6.45, 7) is -1.53. The van der Waals surface area contributed by atoms with E-state index < -0.39 is 33.2 Å². The smallest absolute Gasteiger partial charge is 0.422 e. The summed E-state index contributed by atoms with van der Waals surface area (Å²) in [5, 5.41) is 0.224. The Balaban J connectivity index is 2.16. The summed E-state index contributed by atoms with van der Waals surface area (Å²) in [6.07, 6.45) is -3.46. The number of aromatic nitrogens is 1. The van der Waals surface area contributed by atoms with Crippen LogP contribution in [-0.4, -0.2) is 29.7 Å². The molecule has 144 valence electrons. The summed E-state index contributed by atoms with van der Waals surface area (Å²) in [7, 11) is -0.488. The molecule has 0 aliphatic rings. The van der Waals surface area contributed by atoms with Gasteiger partial charge in [0.05, 0.1) is 22.0 Å². The Morgan fingerprint density at radius 3 is 2.41 bits per heavy atom. The van der Waals surface area contributed by atoms with E-state index in [2.05, 4.69) is 4.74 Å². The quantitative estimate of drug-likeness (QED) is 0.564. The predicted molar refractivity (Wildman–Crippen MR) is 94.8 cm³/mol. The topological polar surface area (TPSA) is 71.4 Å². The number of halogens is 4. The van der Waals surface area contributed by atoms with Gasteiger partial charge in [0.1, 0.15) is 16.1 Å². The molecule has 0 saturated carbocycles. The zero-order chi connectivity index (χ0) is 19.8. The zero-order valence-electron chi connectivity index (χ0n) is 13.3. The van der Waals surface area contributed by atoms with Crippen LogP contribution in [0.2, 0.25) is 0 Å². The molecule has 5 nitrogen and oxygen atoms in total. The Hall–Kier alpha value is -1.88. The molecule has 1 unspecified atom stereocenters. The van der Waals surface area contributed by atoms with Gasteiger partial charge < -0.3 is 9.29 Å². The van der Waals surface area contributed by atoms with Gasteiger partial charge in [-0.05, 0) is 24.3 Å². The van der Waals surface area contributed by atoms with E-state index >= 15 is 0 Å². The second-order valence-electron chi connectivity index (χ2n) is 5.41. The SMILES string of the molecule is O=S(=O)(c1ccccc1)n1cc([S+]([O-])Cl)c2ccc(OCC(F)(F)F)cc21. The van der Waals surface area contributed by atoms with Gasteiger partial charge in [-0.15, -0.1) is 0 Å². The number of rotatable bonds is 5. The van der Waals surface area contributed by atoms with Crippen LogP contribution in [-0.2, 0) is 20.4 Å². The van der Waals surface area contributed by atoms with E-state index in [-0.39, 0.29) is 26.4 Å². The number of alkyl halides is 3. The van der Waals surface area contributed by atoms with Crippen LogP contribution in [0.15, 0.2) is 64.5 Å². The van der Waals surface area contributed by atoms with E-state index in [9.17, 15) is 26.1 Å². The first-order valence-corrected chi connectivity index (χ1v) is 10.7. The van der Waals surface area contributed by atoms with Crippen LogP contribution in [0.4, 0.5) is 13.2 Å². The van der Waals surface area contributed by atoms with Crippen molar-refractivity contribution in [1.82, 2.24) is 3.97 Å². The largest absolute Gasteiger partial charge is 0.594 e. The third-order valence-corrected chi connectivity index (χ3v) is 6.44. The number of benzene rings is 2. The Kier molecular flexibility index (Phi) is 5.35. The highest BCUT2D eigenvalue weighted by Gasteiger charge is 2.29.